The number of nitrogens with two attached hydrogens (primary N) is 1. The molecule has 2 N–H and O–H groups in total. The van der Waals surface area contributed by atoms with Gasteiger partial charge in [-0.05, 0) is 37.1 Å². The molecular formula is C17H28N2S. The molecule has 20 heavy (non-hydrogen) atoms. The van der Waals surface area contributed by atoms with Gasteiger partial charge in [-0.15, -0.1) is 11.3 Å². The zero-order valence-corrected chi connectivity index (χ0v) is 13.3. The van der Waals surface area contributed by atoms with Crippen LogP contribution in [0.15, 0.2) is 17.5 Å². The van der Waals surface area contributed by atoms with Crippen LogP contribution in [-0.2, 0) is 6.54 Å². The van der Waals surface area contributed by atoms with Gasteiger partial charge in [-0.2, -0.15) is 0 Å². The molecule has 2 aliphatic carbocycles. The number of hydrogen-bond donors (Lipinski definition) is 1. The second-order valence-corrected chi connectivity index (χ2v) is 7.67. The standard InChI is InChI=1S/C17H28N2S/c18-14-17(10-4-2-1-3-5-11-17)19(15-8-9-15)13-16-7-6-12-20-16/h6-7,12,15H,1-5,8-11,13-14,18H2. The van der Waals surface area contributed by atoms with Crippen molar-refractivity contribution in [3.05, 3.63) is 22.4 Å². The highest BCUT2D eigenvalue weighted by molar-refractivity contribution is 7.09. The molecule has 3 heteroatoms. The molecule has 2 saturated carbocycles. The summed E-state index contributed by atoms with van der Waals surface area (Å²) in [7, 11) is 0. The zero-order valence-electron chi connectivity index (χ0n) is 12.5. The van der Waals surface area contributed by atoms with Gasteiger partial charge < -0.3 is 5.73 Å². The van der Waals surface area contributed by atoms with Crippen molar-refractivity contribution in [3.63, 3.8) is 0 Å². The Bertz CT molecular complexity index is 389. The Morgan fingerprint density at radius 3 is 2.40 bits per heavy atom. The van der Waals surface area contributed by atoms with Gasteiger partial charge in [0.15, 0.2) is 0 Å². The molecule has 0 atom stereocenters. The molecule has 0 saturated heterocycles. The van der Waals surface area contributed by atoms with Crippen molar-refractivity contribution in [2.45, 2.75) is 75.9 Å². The van der Waals surface area contributed by atoms with E-state index < -0.39 is 0 Å². The maximum Gasteiger partial charge on any atom is 0.0338 e. The summed E-state index contributed by atoms with van der Waals surface area (Å²) in [5, 5.41) is 2.20. The maximum absolute atomic E-state index is 6.32. The zero-order chi connectivity index (χ0) is 13.8. The fourth-order valence-corrected chi connectivity index (χ4v) is 4.52. The fourth-order valence-electron chi connectivity index (χ4n) is 3.81. The van der Waals surface area contributed by atoms with Crippen molar-refractivity contribution in [2.24, 2.45) is 5.73 Å². The summed E-state index contributed by atoms with van der Waals surface area (Å²) < 4.78 is 0. The van der Waals surface area contributed by atoms with E-state index in [-0.39, 0.29) is 5.54 Å². The van der Waals surface area contributed by atoms with E-state index in [4.69, 9.17) is 5.73 Å². The van der Waals surface area contributed by atoms with E-state index in [9.17, 15) is 0 Å². The molecule has 1 aromatic heterocycles. The van der Waals surface area contributed by atoms with Crippen LogP contribution in [-0.4, -0.2) is 23.0 Å². The van der Waals surface area contributed by atoms with Crippen LogP contribution in [0.2, 0.25) is 0 Å². The fraction of sp³-hybridized carbons (Fsp3) is 0.765. The third-order valence-electron chi connectivity index (χ3n) is 5.17. The van der Waals surface area contributed by atoms with Crippen molar-refractivity contribution in [2.75, 3.05) is 6.54 Å². The highest BCUT2D eigenvalue weighted by atomic mass is 32.1. The quantitative estimate of drug-likeness (QED) is 0.883. The Morgan fingerprint density at radius 1 is 1.15 bits per heavy atom. The van der Waals surface area contributed by atoms with Gasteiger partial charge in [-0.25, -0.2) is 0 Å². The predicted octanol–water partition coefficient (Wildman–Crippen LogP) is 4.15. The SMILES string of the molecule is NCC1(N(Cc2cccs2)C2CC2)CCCCCCC1. The molecule has 3 rings (SSSR count). The molecule has 2 nitrogen and oxygen atoms in total. The second kappa shape index (κ2) is 6.59. The average molecular weight is 292 g/mol. The summed E-state index contributed by atoms with van der Waals surface area (Å²) in [6.45, 7) is 1.97. The molecule has 1 heterocycles. The van der Waals surface area contributed by atoms with Crippen LogP contribution < -0.4 is 5.73 Å². The lowest BCUT2D eigenvalue weighted by atomic mass is 9.82. The van der Waals surface area contributed by atoms with Crippen molar-refractivity contribution in [1.29, 1.82) is 0 Å². The first-order chi connectivity index (χ1) is 9.84. The van der Waals surface area contributed by atoms with Crippen LogP contribution in [0.5, 0.6) is 0 Å². The van der Waals surface area contributed by atoms with E-state index >= 15 is 0 Å². The molecule has 1 aromatic rings. The van der Waals surface area contributed by atoms with Crippen LogP contribution >= 0.6 is 11.3 Å². The number of nitrogens with zero attached hydrogens (tertiary/aromatic N) is 1. The Morgan fingerprint density at radius 2 is 1.85 bits per heavy atom. The summed E-state index contributed by atoms with van der Waals surface area (Å²) in [5.74, 6) is 0. The molecular weight excluding hydrogens is 264 g/mol. The number of hydrogen-bond acceptors (Lipinski definition) is 3. The Hall–Kier alpha value is -0.380. The average Bonchev–Trinajstić information content (AvgIpc) is 3.14. The minimum Gasteiger partial charge on any atom is -0.329 e. The molecule has 0 aliphatic heterocycles. The van der Waals surface area contributed by atoms with Crippen LogP contribution in [0, 0.1) is 0 Å². The maximum atomic E-state index is 6.32. The molecule has 0 radical (unpaired) electrons. The van der Waals surface area contributed by atoms with Gasteiger partial charge >= 0.3 is 0 Å². The molecule has 0 unspecified atom stereocenters. The van der Waals surface area contributed by atoms with Gasteiger partial charge in [0.25, 0.3) is 0 Å². The van der Waals surface area contributed by atoms with Crippen LogP contribution in [0.1, 0.15) is 62.7 Å². The third kappa shape index (κ3) is 3.26. The molecule has 2 aliphatic rings. The van der Waals surface area contributed by atoms with Gasteiger partial charge in [0.2, 0.25) is 0 Å². The van der Waals surface area contributed by atoms with Gasteiger partial charge in [0.05, 0.1) is 0 Å². The van der Waals surface area contributed by atoms with Gasteiger partial charge in [-0.1, -0.05) is 38.2 Å². The molecule has 0 bridgehead atoms. The largest absolute Gasteiger partial charge is 0.329 e. The topological polar surface area (TPSA) is 29.3 Å². The summed E-state index contributed by atoms with van der Waals surface area (Å²) >= 11 is 1.90. The monoisotopic (exact) mass is 292 g/mol. The summed E-state index contributed by atoms with van der Waals surface area (Å²) in [4.78, 5) is 4.30. The van der Waals surface area contributed by atoms with E-state index in [1.165, 1.54) is 62.7 Å². The first-order valence-corrected chi connectivity index (χ1v) is 9.21. The lowest BCUT2D eigenvalue weighted by molar-refractivity contribution is 0.0517. The molecule has 0 aromatic carbocycles. The predicted molar refractivity (Wildman–Crippen MR) is 87.0 cm³/mol. The minimum absolute atomic E-state index is 0.283. The first kappa shape index (κ1) is 14.6. The number of rotatable bonds is 5. The smallest absolute Gasteiger partial charge is 0.0338 e. The minimum atomic E-state index is 0.283. The lowest BCUT2D eigenvalue weighted by Gasteiger charge is -2.45. The molecule has 112 valence electrons. The van der Waals surface area contributed by atoms with Gasteiger partial charge in [0.1, 0.15) is 0 Å². The van der Waals surface area contributed by atoms with Crippen molar-refractivity contribution in [1.82, 2.24) is 4.90 Å². The third-order valence-corrected chi connectivity index (χ3v) is 6.03. The highest BCUT2D eigenvalue weighted by Crippen LogP contribution is 2.40. The van der Waals surface area contributed by atoms with E-state index in [2.05, 4.69) is 22.4 Å². The van der Waals surface area contributed by atoms with Crippen molar-refractivity contribution in [3.8, 4) is 0 Å². The Labute approximate surface area is 127 Å². The Kier molecular flexibility index (Phi) is 4.79. The first-order valence-electron chi connectivity index (χ1n) is 8.33. The lowest BCUT2D eigenvalue weighted by Crippen LogP contribution is -2.54. The van der Waals surface area contributed by atoms with Crippen molar-refractivity contribution >= 4 is 11.3 Å². The highest BCUT2D eigenvalue weighted by Gasteiger charge is 2.43. The van der Waals surface area contributed by atoms with Crippen LogP contribution in [0.3, 0.4) is 0 Å². The molecule has 0 spiro atoms. The van der Waals surface area contributed by atoms with E-state index in [0.29, 0.717) is 0 Å². The van der Waals surface area contributed by atoms with Crippen molar-refractivity contribution < 1.29 is 0 Å². The van der Waals surface area contributed by atoms with E-state index in [0.717, 1.165) is 19.1 Å². The number of thiophene rings is 1. The summed E-state index contributed by atoms with van der Waals surface area (Å²) in [5.41, 5.74) is 6.60. The molecule has 0 amide bonds. The van der Waals surface area contributed by atoms with Gasteiger partial charge in [0, 0.05) is 29.5 Å². The van der Waals surface area contributed by atoms with Gasteiger partial charge in [-0.3, -0.25) is 4.90 Å². The van der Waals surface area contributed by atoms with E-state index in [1.807, 2.05) is 11.3 Å². The molecule has 2 fully saturated rings. The summed E-state index contributed by atoms with van der Waals surface area (Å²) in [6, 6.07) is 5.27. The summed E-state index contributed by atoms with van der Waals surface area (Å²) in [6.07, 6.45) is 12.3. The van der Waals surface area contributed by atoms with E-state index in [1.54, 1.807) is 0 Å². The Balaban J connectivity index is 1.78. The van der Waals surface area contributed by atoms with Crippen LogP contribution in [0.25, 0.3) is 0 Å². The normalized spacial score (nSPS) is 23.5. The van der Waals surface area contributed by atoms with Crippen LogP contribution in [0.4, 0.5) is 0 Å². The second-order valence-electron chi connectivity index (χ2n) is 6.63.